The Morgan fingerprint density at radius 3 is 2.80 bits per heavy atom. The van der Waals surface area contributed by atoms with Crippen LogP contribution in [0.2, 0.25) is 0 Å². The molecule has 1 heterocycles. The van der Waals surface area contributed by atoms with Crippen molar-refractivity contribution < 1.29 is 28.5 Å². The monoisotopic (exact) mass is 411 g/mol. The number of likely N-dealkylation sites (N-methyl/N-ethyl adjacent to an activating group) is 1. The quantitative estimate of drug-likeness (QED) is 0.704. The number of aryl methyl sites for hydroxylation is 1. The third-order valence-electron chi connectivity index (χ3n) is 5.59. The lowest BCUT2D eigenvalue weighted by Gasteiger charge is -2.33. The highest BCUT2D eigenvalue weighted by atomic mass is 16.6. The summed E-state index contributed by atoms with van der Waals surface area (Å²) in [6.45, 7) is 0.476. The fraction of sp³-hybridized carbons (Fsp3) is 0.391. The van der Waals surface area contributed by atoms with Crippen LogP contribution in [0.1, 0.15) is 40.4 Å². The van der Waals surface area contributed by atoms with Gasteiger partial charge in [-0.1, -0.05) is 24.3 Å². The molecule has 158 valence electrons. The summed E-state index contributed by atoms with van der Waals surface area (Å²) < 4.78 is 21.7. The standard InChI is InChI=1S/C23H25NO6/c1-24(18-9-5-7-15-6-3-4-8-17(15)18)21(25)14-30-23(26)16-12-19(27-2)22-20(13-16)28-10-11-29-22/h3-4,6,8,12-13,18H,5,7,9-11,14H2,1-2H3/t18-/m0/s1. The van der Waals surface area contributed by atoms with Gasteiger partial charge < -0.3 is 23.8 Å². The largest absolute Gasteiger partial charge is 0.493 e. The molecule has 2 aliphatic rings. The summed E-state index contributed by atoms with van der Waals surface area (Å²) in [5, 5.41) is 0. The van der Waals surface area contributed by atoms with Crippen molar-refractivity contribution in [2.45, 2.75) is 25.3 Å². The number of fused-ring (bicyclic) bond motifs is 2. The molecule has 0 spiro atoms. The zero-order valence-electron chi connectivity index (χ0n) is 17.2. The molecule has 2 aromatic carbocycles. The van der Waals surface area contributed by atoms with Gasteiger partial charge in [-0.05, 0) is 42.5 Å². The molecule has 0 saturated carbocycles. The van der Waals surface area contributed by atoms with E-state index in [0.717, 1.165) is 19.3 Å². The van der Waals surface area contributed by atoms with E-state index in [-0.39, 0.29) is 24.1 Å². The maximum Gasteiger partial charge on any atom is 0.338 e. The van der Waals surface area contributed by atoms with Gasteiger partial charge in [-0.3, -0.25) is 4.79 Å². The number of amides is 1. The van der Waals surface area contributed by atoms with Crippen LogP contribution in [0.15, 0.2) is 36.4 Å². The number of methoxy groups -OCH3 is 1. The predicted molar refractivity (Wildman–Crippen MR) is 109 cm³/mol. The molecule has 2 aromatic rings. The van der Waals surface area contributed by atoms with Crippen molar-refractivity contribution in [2.75, 3.05) is 34.0 Å². The van der Waals surface area contributed by atoms with Crippen molar-refractivity contribution in [3.05, 3.63) is 53.1 Å². The Morgan fingerprint density at radius 1 is 1.17 bits per heavy atom. The number of carbonyl (C=O) groups excluding carboxylic acids is 2. The number of carbonyl (C=O) groups is 2. The van der Waals surface area contributed by atoms with E-state index < -0.39 is 5.97 Å². The maximum atomic E-state index is 12.7. The maximum absolute atomic E-state index is 12.7. The van der Waals surface area contributed by atoms with E-state index >= 15 is 0 Å². The Labute approximate surface area is 175 Å². The number of hydrogen-bond donors (Lipinski definition) is 0. The van der Waals surface area contributed by atoms with E-state index in [1.165, 1.54) is 24.3 Å². The highest BCUT2D eigenvalue weighted by Crippen LogP contribution is 2.40. The second-order valence-corrected chi connectivity index (χ2v) is 7.39. The summed E-state index contributed by atoms with van der Waals surface area (Å²) in [6, 6.07) is 11.3. The van der Waals surface area contributed by atoms with Crippen molar-refractivity contribution in [2.24, 2.45) is 0 Å². The van der Waals surface area contributed by atoms with Crippen LogP contribution in [-0.4, -0.2) is 50.8 Å². The van der Waals surface area contributed by atoms with Crippen molar-refractivity contribution in [3.63, 3.8) is 0 Å². The minimum atomic E-state index is -0.615. The van der Waals surface area contributed by atoms with Crippen LogP contribution in [0.4, 0.5) is 0 Å². The molecule has 1 amide bonds. The lowest BCUT2D eigenvalue weighted by atomic mass is 9.87. The van der Waals surface area contributed by atoms with Crippen LogP contribution in [-0.2, 0) is 16.0 Å². The first kappa shape index (κ1) is 20.1. The van der Waals surface area contributed by atoms with Gasteiger partial charge in [-0.25, -0.2) is 4.79 Å². The van der Waals surface area contributed by atoms with Gasteiger partial charge in [0.25, 0.3) is 5.91 Å². The fourth-order valence-corrected chi connectivity index (χ4v) is 4.01. The van der Waals surface area contributed by atoms with Crippen molar-refractivity contribution in [3.8, 4) is 17.2 Å². The van der Waals surface area contributed by atoms with Gasteiger partial charge in [0.1, 0.15) is 13.2 Å². The SMILES string of the molecule is COc1cc(C(=O)OCC(=O)N(C)[C@H]2CCCc3ccccc32)cc2c1OCCO2. The van der Waals surface area contributed by atoms with Gasteiger partial charge in [-0.2, -0.15) is 0 Å². The molecule has 1 aliphatic carbocycles. The van der Waals surface area contributed by atoms with Gasteiger partial charge >= 0.3 is 5.97 Å². The molecule has 4 rings (SSSR count). The third-order valence-corrected chi connectivity index (χ3v) is 5.59. The Kier molecular flexibility index (Phi) is 5.79. The summed E-state index contributed by atoms with van der Waals surface area (Å²) in [7, 11) is 3.25. The average Bonchev–Trinajstić information content (AvgIpc) is 2.80. The third kappa shape index (κ3) is 3.92. The van der Waals surface area contributed by atoms with Crippen molar-refractivity contribution in [1.82, 2.24) is 4.90 Å². The van der Waals surface area contributed by atoms with Crippen LogP contribution < -0.4 is 14.2 Å². The zero-order valence-corrected chi connectivity index (χ0v) is 17.2. The topological polar surface area (TPSA) is 74.3 Å². The molecule has 1 aliphatic heterocycles. The molecule has 0 aromatic heterocycles. The molecule has 1 atom stereocenters. The molecule has 0 saturated heterocycles. The number of nitrogens with zero attached hydrogens (tertiary/aromatic N) is 1. The molecule has 7 heteroatoms. The van der Waals surface area contributed by atoms with Gasteiger partial charge in [0.05, 0.1) is 18.7 Å². The van der Waals surface area contributed by atoms with E-state index in [4.69, 9.17) is 18.9 Å². The van der Waals surface area contributed by atoms with E-state index in [1.54, 1.807) is 18.0 Å². The number of ether oxygens (including phenoxy) is 4. The molecular formula is C23H25NO6. The zero-order chi connectivity index (χ0) is 21.1. The van der Waals surface area contributed by atoms with Crippen LogP contribution in [0.5, 0.6) is 17.2 Å². The Balaban J connectivity index is 1.42. The predicted octanol–water partition coefficient (Wildman–Crippen LogP) is 3.16. The summed E-state index contributed by atoms with van der Waals surface area (Å²) >= 11 is 0. The number of rotatable bonds is 5. The minimum absolute atomic E-state index is 0.00413. The molecule has 30 heavy (non-hydrogen) atoms. The highest BCUT2D eigenvalue weighted by Gasteiger charge is 2.27. The van der Waals surface area contributed by atoms with E-state index in [9.17, 15) is 9.59 Å². The summed E-state index contributed by atoms with van der Waals surface area (Å²) in [4.78, 5) is 27.0. The molecular weight excluding hydrogens is 386 g/mol. The molecule has 0 radical (unpaired) electrons. The van der Waals surface area contributed by atoms with E-state index in [2.05, 4.69) is 12.1 Å². The van der Waals surface area contributed by atoms with Crippen LogP contribution in [0, 0.1) is 0 Å². The van der Waals surface area contributed by atoms with Crippen LogP contribution >= 0.6 is 0 Å². The second-order valence-electron chi connectivity index (χ2n) is 7.39. The number of benzene rings is 2. The van der Waals surface area contributed by atoms with Gasteiger partial charge in [0, 0.05) is 7.05 Å². The molecule has 0 bridgehead atoms. The molecule has 0 unspecified atom stereocenters. The van der Waals surface area contributed by atoms with Crippen molar-refractivity contribution in [1.29, 1.82) is 0 Å². The Hall–Kier alpha value is -3.22. The number of hydrogen-bond acceptors (Lipinski definition) is 6. The Bertz CT molecular complexity index is 939. The van der Waals surface area contributed by atoms with Gasteiger partial charge in [0.2, 0.25) is 5.75 Å². The minimum Gasteiger partial charge on any atom is -0.493 e. The first-order valence-corrected chi connectivity index (χ1v) is 10.1. The summed E-state index contributed by atoms with van der Waals surface area (Å²) in [6.07, 6.45) is 2.94. The fourth-order valence-electron chi connectivity index (χ4n) is 4.01. The molecule has 0 N–H and O–H groups in total. The highest BCUT2D eigenvalue weighted by molar-refractivity contribution is 5.93. The van der Waals surface area contributed by atoms with Gasteiger partial charge in [-0.15, -0.1) is 0 Å². The molecule has 0 fully saturated rings. The van der Waals surface area contributed by atoms with Crippen LogP contribution in [0.3, 0.4) is 0 Å². The second kappa shape index (κ2) is 8.65. The normalized spacial score (nSPS) is 16.9. The summed E-state index contributed by atoms with van der Waals surface area (Å²) in [5.74, 6) is 0.425. The van der Waals surface area contributed by atoms with Crippen LogP contribution in [0.25, 0.3) is 0 Å². The summed E-state index contributed by atoms with van der Waals surface area (Å²) in [5.41, 5.74) is 2.69. The molecule has 7 nitrogen and oxygen atoms in total. The number of esters is 1. The van der Waals surface area contributed by atoms with Crippen molar-refractivity contribution >= 4 is 11.9 Å². The Morgan fingerprint density at radius 2 is 1.97 bits per heavy atom. The lowest BCUT2D eigenvalue weighted by molar-refractivity contribution is -0.135. The van der Waals surface area contributed by atoms with Gasteiger partial charge in [0.15, 0.2) is 18.1 Å². The van der Waals surface area contributed by atoms with E-state index in [1.807, 2.05) is 12.1 Å². The first-order valence-electron chi connectivity index (χ1n) is 10.1. The first-order chi connectivity index (χ1) is 14.6. The smallest absolute Gasteiger partial charge is 0.338 e. The average molecular weight is 411 g/mol. The lowest BCUT2D eigenvalue weighted by Crippen LogP contribution is -2.36. The van der Waals surface area contributed by atoms with E-state index in [0.29, 0.717) is 30.5 Å².